The number of anilines is 1. The summed E-state index contributed by atoms with van der Waals surface area (Å²) in [5, 5.41) is 25.6. The third kappa shape index (κ3) is 2.28. The van der Waals surface area contributed by atoms with Crippen LogP contribution in [0, 0.1) is 10.1 Å². The Morgan fingerprint density at radius 3 is 2.83 bits per heavy atom. The SMILES string of the molecule is O=[N+]([O-])c1c(N[C@H]2c3ccccc3C[C@H]2O)ccc2ncccc12. The van der Waals surface area contributed by atoms with Gasteiger partial charge >= 0.3 is 5.69 Å². The lowest BCUT2D eigenvalue weighted by Crippen LogP contribution is -2.21. The molecule has 0 saturated carbocycles. The van der Waals surface area contributed by atoms with Crippen LogP contribution in [0.15, 0.2) is 54.7 Å². The normalized spacial score (nSPS) is 19.2. The first-order valence-electron chi connectivity index (χ1n) is 7.69. The second kappa shape index (κ2) is 5.58. The van der Waals surface area contributed by atoms with Gasteiger partial charge in [0.1, 0.15) is 5.69 Å². The molecule has 1 aliphatic carbocycles. The monoisotopic (exact) mass is 321 g/mol. The van der Waals surface area contributed by atoms with E-state index in [9.17, 15) is 15.2 Å². The zero-order chi connectivity index (χ0) is 16.7. The molecule has 120 valence electrons. The van der Waals surface area contributed by atoms with E-state index in [0.717, 1.165) is 11.1 Å². The smallest absolute Gasteiger partial charge is 0.301 e. The predicted molar refractivity (Wildman–Crippen MR) is 90.9 cm³/mol. The number of nitrogens with zero attached hydrogens (tertiary/aromatic N) is 2. The number of nitrogens with one attached hydrogen (secondary N) is 1. The first kappa shape index (κ1) is 14.6. The lowest BCUT2D eigenvalue weighted by molar-refractivity contribution is -0.382. The van der Waals surface area contributed by atoms with Crippen molar-refractivity contribution in [1.82, 2.24) is 4.98 Å². The van der Waals surface area contributed by atoms with Gasteiger partial charge in [-0.2, -0.15) is 0 Å². The van der Waals surface area contributed by atoms with E-state index in [2.05, 4.69) is 10.3 Å². The van der Waals surface area contributed by atoms with Gasteiger partial charge in [-0.25, -0.2) is 0 Å². The molecule has 1 aliphatic rings. The van der Waals surface area contributed by atoms with E-state index in [1.165, 1.54) is 0 Å². The Morgan fingerprint density at radius 2 is 2.00 bits per heavy atom. The topological polar surface area (TPSA) is 88.3 Å². The lowest BCUT2D eigenvalue weighted by atomic mass is 10.1. The van der Waals surface area contributed by atoms with Crippen LogP contribution in [0.4, 0.5) is 11.4 Å². The highest BCUT2D eigenvalue weighted by Crippen LogP contribution is 2.38. The Balaban J connectivity index is 1.80. The van der Waals surface area contributed by atoms with Crippen molar-refractivity contribution in [1.29, 1.82) is 0 Å². The molecule has 2 atom stereocenters. The van der Waals surface area contributed by atoms with Gasteiger partial charge in [0.2, 0.25) is 0 Å². The molecule has 0 unspecified atom stereocenters. The number of fused-ring (bicyclic) bond motifs is 2. The molecule has 0 bridgehead atoms. The van der Waals surface area contributed by atoms with Crippen LogP contribution in [0.5, 0.6) is 0 Å². The number of aliphatic hydroxyl groups is 1. The van der Waals surface area contributed by atoms with Gasteiger partial charge in [-0.15, -0.1) is 0 Å². The standard InChI is InChI=1S/C18H15N3O3/c22-16-10-11-4-1-2-5-12(11)17(16)20-15-8-7-14-13(6-3-9-19-14)18(15)21(23)24/h1-9,16-17,20,22H,10H2/t16-,17+/m1/s1. The second-order valence-corrected chi connectivity index (χ2v) is 5.88. The molecule has 6 nitrogen and oxygen atoms in total. The maximum absolute atomic E-state index is 11.6. The van der Waals surface area contributed by atoms with Crippen LogP contribution < -0.4 is 5.32 Å². The average Bonchev–Trinajstić information content (AvgIpc) is 2.90. The van der Waals surface area contributed by atoms with Crippen LogP contribution in [0.1, 0.15) is 17.2 Å². The quantitative estimate of drug-likeness (QED) is 0.571. The van der Waals surface area contributed by atoms with E-state index in [-0.39, 0.29) is 11.7 Å². The summed E-state index contributed by atoms with van der Waals surface area (Å²) in [6.45, 7) is 0. The molecule has 0 amide bonds. The Kier molecular flexibility index (Phi) is 3.39. The zero-order valence-corrected chi connectivity index (χ0v) is 12.7. The number of nitro groups is 1. The number of aliphatic hydroxyl groups excluding tert-OH is 1. The summed E-state index contributed by atoms with van der Waals surface area (Å²) < 4.78 is 0. The molecule has 2 N–H and O–H groups in total. The molecular weight excluding hydrogens is 306 g/mol. The van der Waals surface area contributed by atoms with Gasteiger partial charge < -0.3 is 10.4 Å². The summed E-state index contributed by atoms with van der Waals surface area (Å²) in [5.74, 6) is 0. The van der Waals surface area contributed by atoms with Crippen molar-refractivity contribution in [2.45, 2.75) is 18.6 Å². The van der Waals surface area contributed by atoms with Crippen LogP contribution >= 0.6 is 0 Å². The molecule has 4 rings (SSSR count). The summed E-state index contributed by atoms with van der Waals surface area (Å²) >= 11 is 0. The van der Waals surface area contributed by atoms with E-state index in [1.807, 2.05) is 24.3 Å². The molecular formula is C18H15N3O3. The largest absolute Gasteiger partial charge is 0.390 e. The molecule has 2 aromatic carbocycles. The molecule has 0 saturated heterocycles. The number of nitro benzene ring substituents is 1. The van der Waals surface area contributed by atoms with E-state index in [4.69, 9.17) is 0 Å². The maximum Gasteiger partial charge on any atom is 0.301 e. The zero-order valence-electron chi connectivity index (χ0n) is 12.7. The Bertz CT molecular complexity index is 942. The van der Waals surface area contributed by atoms with E-state index in [0.29, 0.717) is 23.0 Å². The Hall–Kier alpha value is -2.99. The highest BCUT2D eigenvalue weighted by atomic mass is 16.6. The summed E-state index contributed by atoms with van der Waals surface area (Å²) in [6, 6.07) is 14.1. The molecule has 0 spiro atoms. The van der Waals surface area contributed by atoms with Gasteiger partial charge in [0.15, 0.2) is 0 Å². The van der Waals surface area contributed by atoms with Crippen LogP contribution in [-0.2, 0) is 6.42 Å². The minimum Gasteiger partial charge on any atom is -0.390 e. The van der Waals surface area contributed by atoms with Gasteiger partial charge in [-0.05, 0) is 35.4 Å². The van der Waals surface area contributed by atoms with Crippen molar-refractivity contribution >= 4 is 22.3 Å². The first-order chi connectivity index (χ1) is 11.6. The van der Waals surface area contributed by atoms with Gasteiger partial charge in [-0.3, -0.25) is 15.1 Å². The Morgan fingerprint density at radius 1 is 1.17 bits per heavy atom. The van der Waals surface area contributed by atoms with Crippen LogP contribution in [0.2, 0.25) is 0 Å². The highest BCUT2D eigenvalue weighted by molar-refractivity contribution is 5.94. The van der Waals surface area contributed by atoms with Gasteiger partial charge in [0.25, 0.3) is 0 Å². The summed E-state index contributed by atoms with van der Waals surface area (Å²) in [7, 11) is 0. The molecule has 0 radical (unpaired) electrons. The number of rotatable bonds is 3. The van der Waals surface area contributed by atoms with Gasteiger partial charge in [-0.1, -0.05) is 24.3 Å². The van der Waals surface area contributed by atoms with Gasteiger partial charge in [0.05, 0.1) is 28.0 Å². The number of hydrogen-bond donors (Lipinski definition) is 2. The Labute approximate surface area is 137 Å². The van der Waals surface area contributed by atoms with Crippen molar-refractivity contribution in [3.63, 3.8) is 0 Å². The van der Waals surface area contributed by atoms with E-state index >= 15 is 0 Å². The van der Waals surface area contributed by atoms with Crippen LogP contribution in [0.25, 0.3) is 10.9 Å². The fraction of sp³-hybridized carbons (Fsp3) is 0.167. The minimum atomic E-state index is -0.619. The van der Waals surface area contributed by atoms with Gasteiger partial charge in [0, 0.05) is 12.6 Å². The fourth-order valence-corrected chi connectivity index (χ4v) is 3.37. The third-order valence-electron chi connectivity index (χ3n) is 4.45. The summed E-state index contributed by atoms with van der Waals surface area (Å²) in [5.41, 5.74) is 2.98. The number of hydrogen-bond acceptors (Lipinski definition) is 5. The van der Waals surface area contributed by atoms with E-state index in [1.54, 1.807) is 30.5 Å². The molecule has 0 aliphatic heterocycles. The van der Waals surface area contributed by atoms with Crippen molar-refractivity contribution < 1.29 is 10.0 Å². The molecule has 24 heavy (non-hydrogen) atoms. The van der Waals surface area contributed by atoms with Crippen molar-refractivity contribution in [3.05, 3.63) is 76.0 Å². The van der Waals surface area contributed by atoms with E-state index < -0.39 is 11.0 Å². The lowest BCUT2D eigenvalue weighted by Gasteiger charge is -2.19. The van der Waals surface area contributed by atoms with Crippen molar-refractivity contribution in [2.24, 2.45) is 0 Å². The highest BCUT2D eigenvalue weighted by Gasteiger charge is 2.32. The number of aromatic nitrogens is 1. The minimum absolute atomic E-state index is 0.0165. The maximum atomic E-state index is 11.6. The number of benzene rings is 2. The molecule has 6 heteroatoms. The fourth-order valence-electron chi connectivity index (χ4n) is 3.37. The molecule has 0 fully saturated rings. The summed E-state index contributed by atoms with van der Waals surface area (Å²) in [4.78, 5) is 15.4. The summed E-state index contributed by atoms with van der Waals surface area (Å²) in [6.07, 6.45) is 1.53. The van der Waals surface area contributed by atoms with Crippen LogP contribution in [0.3, 0.4) is 0 Å². The second-order valence-electron chi connectivity index (χ2n) is 5.88. The average molecular weight is 321 g/mol. The molecule has 3 aromatic rings. The molecule has 1 aromatic heterocycles. The predicted octanol–water partition coefficient (Wildman–Crippen LogP) is 3.21. The molecule has 1 heterocycles. The number of pyridine rings is 1. The van der Waals surface area contributed by atoms with Crippen LogP contribution in [-0.4, -0.2) is 21.1 Å². The third-order valence-corrected chi connectivity index (χ3v) is 4.45. The van der Waals surface area contributed by atoms with Crippen molar-refractivity contribution in [3.8, 4) is 0 Å². The van der Waals surface area contributed by atoms with Crippen molar-refractivity contribution in [2.75, 3.05) is 5.32 Å². The first-order valence-corrected chi connectivity index (χ1v) is 7.69.